The molecule has 4 saturated heterocycles. The molecule has 4 aliphatic rings. The number of nitrogen functional groups attached to an aromatic ring is 1. The second-order valence-corrected chi connectivity index (χ2v) is 7.62. The molecule has 1 aromatic heterocycles. The van der Waals surface area contributed by atoms with Gasteiger partial charge in [-0.15, -0.1) is 0 Å². The second kappa shape index (κ2) is 5.87. The molecule has 0 unspecified atom stereocenters. The maximum absolute atomic E-state index is 13.9. The van der Waals surface area contributed by atoms with Gasteiger partial charge in [-0.3, -0.25) is 4.90 Å². The first kappa shape index (κ1) is 15.9. The van der Waals surface area contributed by atoms with Gasteiger partial charge in [0.2, 0.25) is 0 Å². The Bertz CT molecular complexity index is 816. The number of benzene rings is 1. The van der Waals surface area contributed by atoms with Gasteiger partial charge in [-0.05, 0) is 49.5 Å². The van der Waals surface area contributed by atoms with Crippen LogP contribution in [0.3, 0.4) is 0 Å². The number of halogens is 2. The van der Waals surface area contributed by atoms with Crippen LogP contribution in [0.1, 0.15) is 24.3 Å². The summed E-state index contributed by atoms with van der Waals surface area (Å²) in [5.41, 5.74) is 6.60. The smallest absolute Gasteiger partial charge is 0.134 e. The molecule has 0 radical (unpaired) electrons. The molecule has 2 N–H and O–H groups in total. The first-order valence-electron chi connectivity index (χ1n) is 9.14. The van der Waals surface area contributed by atoms with Crippen LogP contribution in [0.25, 0.3) is 0 Å². The summed E-state index contributed by atoms with van der Waals surface area (Å²) >= 11 is 0. The van der Waals surface area contributed by atoms with Crippen molar-refractivity contribution in [2.45, 2.75) is 30.8 Å². The third-order valence-corrected chi connectivity index (χ3v) is 6.28. The Labute approximate surface area is 150 Å². The van der Waals surface area contributed by atoms with Crippen LogP contribution in [-0.2, 0) is 0 Å². The Balaban J connectivity index is 1.58. The topological polar surface area (TPSA) is 58.3 Å². The molecule has 0 spiro atoms. The van der Waals surface area contributed by atoms with Crippen molar-refractivity contribution in [3.8, 4) is 0 Å². The summed E-state index contributed by atoms with van der Waals surface area (Å²) in [6.45, 7) is 2.79. The minimum atomic E-state index is -0.516. The highest BCUT2D eigenvalue weighted by atomic mass is 19.1. The van der Waals surface area contributed by atoms with Crippen molar-refractivity contribution in [3.63, 3.8) is 0 Å². The highest BCUT2D eigenvalue weighted by molar-refractivity contribution is 5.51. The molecule has 7 heteroatoms. The van der Waals surface area contributed by atoms with Crippen molar-refractivity contribution in [1.29, 1.82) is 0 Å². The van der Waals surface area contributed by atoms with E-state index in [2.05, 4.69) is 19.8 Å². The Kier molecular flexibility index (Phi) is 3.60. The Morgan fingerprint density at radius 2 is 1.69 bits per heavy atom. The number of anilines is 2. The Hall–Kier alpha value is -2.28. The summed E-state index contributed by atoms with van der Waals surface area (Å²) < 4.78 is 27.7. The standard InChI is InChI=1S/C19H21F2N5/c20-13-5-12(6-14(21)7-13)15-9-26(17-8-16(22)23-10-24-17)18-11-1-3-25(4-2-11)19(15)18/h5-8,10-11,15,18-19H,1-4,9H2,(H2,22,23,24)/t15-,18-,19-/m1/s1. The molecule has 0 amide bonds. The van der Waals surface area contributed by atoms with Gasteiger partial charge in [0.05, 0.1) is 0 Å². The van der Waals surface area contributed by atoms with E-state index >= 15 is 0 Å². The van der Waals surface area contributed by atoms with Crippen LogP contribution in [0.2, 0.25) is 0 Å². The molecule has 4 aliphatic heterocycles. The number of fused-ring (bicyclic) bond motifs is 2. The Morgan fingerprint density at radius 3 is 2.38 bits per heavy atom. The van der Waals surface area contributed by atoms with Crippen molar-refractivity contribution in [2.24, 2.45) is 5.92 Å². The van der Waals surface area contributed by atoms with E-state index in [1.54, 1.807) is 6.07 Å². The quantitative estimate of drug-likeness (QED) is 0.894. The predicted octanol–water partition coefficient (Wildman–Crippen LogP) is 2.40. The van der Waals surface area contributed by atoms with E-state index in [0.717, 1.165) is 43.4 Å². The molecule has 3 atom stereocenters. The molecule has 4 fully saturated rings. The molecule has 5 nitrogen and oxygen atoms in total. The third-order valence-electron chi connectivity index (χ3n) is 6.28. The van der Waals surface area contributed by atoms with E-state index in [-0.39, 0.29) is 12.0 Å². The number of rotatable bonds is 2. The number of hydrogen-bond donors (Lipinski definition) is 1. The van der Waals surface area contributed by atoms with Gasteiger partial charge in [0.15, 0.2) is 0 Å². The number of hydrogen-bond acceptors (Lipinski definition) is 5. The summed E-state index contributed by atoms with van der Waals surface area (Å²) in [5, 5.41) is 0. The van der Waals surface area contributed by atoms with Gasteiger partial charge >= 0.3 is 0 Å². The maximum Gasteiger partial charge on any atom is 0.134 e. The van der Waals surface area contributed by atoms with Crippen molar-refractivity contribution in [3.05, 3.63) is 47.8 Å². The largest absolute Gasteiger partial charge is 0.384 e. The highest BCUT2D eigenvalue weighted by Crippen LogP contribution is 2.47. The molecule has 136 valence electrons. The monoisotopic (exact) mass is 357 g/mol. The summed E-state index contributed by atoms with van der Waals surface area (Å²) in [4.78, 5) is 13.2. The molecule has 0 aliphatic carbocycles. The van der Waals surface area contributed by atoms with E-state index in [1.807, 2.05) is 0 Å². The van der Waals surface area contributed by atoms with Crippen LogP contribution in [0.5, 0.6) is 0 Å². The molecule has 2 bridgehead atoms. The highest BCUT2D eigenvalue weighted by Gasteiger charge is 2.53. The van der Waals surface area contributed by atoms with E-state index in [9.17, 15) is 8.78 Å². The van der Waals surface area contributed by atoms with E-state index in [1.165, 1.54) is 18.5 Å². The molecular formula is C19H21F2N5. The van der Waals surface area contributed by atoms with Crippen LogP contribution in [0.15, 0.2) is 30.6 Å². The van der Waals surface area contributed by atoms with Crippen LogP contribution >= 0.6 is 0 Å². The van der Waals surface area contributed by atoms with Crippen molar-refractivity contribution in [2.75, 3.05) is 30.3 Å². The summed E-state index contributed by atoms with van der Waals surface area (Å²) in [5.74, 6) is 0.831. The lowest BCUT2D eigenvalue weighted by Gasteiger charge is -2.51. The van der Waals surface area contributed by atoms with Crippen LogP contribution in [0.4, 0.5) is 20.4 Å². The molecule has 0 saturated carbocycles. The fourth-order valence-corrected chi connectivity index (χ4v) is 5.28. The second-order valence-electron chi connectivity index (χ2n) is 7.62. The third kappa shape index (κ3) is 2.45. The summed E-state index contributed by atoms with van der Waals surface area (Å²) in [7, 11) is 0. The molecule has 26 heavy (non-hydrogen) atoms. The first-order valence-corrected chi connectivity index (χ1v) is 9.14. The zero-order chi connectivity index (χ0) is 17.8. The van der Waals surface area contributed by atoms with Gasteiger partial charge in [-0.1, -0.05) is 0 Å². The van der Waals surface area contributed by atoms with E-state index in [4.69, 9.17) is 5.73 Å². The predicted molar refractivity (Wildman–Crippen MR) is 94.8 cm³/mol. The SMILES string of the molecule is Nc1cc(N2C[C@H](c3cc(F)cc(F)c3)[C@@H]3[C@H]2C2CCN3CC2)ncn1. The van der Waals surface area contributed by atoms with Crippen molar-refractivity contribution >= 4 is 11.6 Å². The van der Waals surface area contributed by atoms with E-state index in [0.29, 0.717) is 24.3 Å². The average Bonchev–Trinajstić information content (AvgIpc) is 3.05. The molecule has 6 rings (SSSR count). The van der Waals surface area contributed by atoms with Gasteiger partial charge in [-0.2, -0.15) is 0 Å². The minimum absolute atomic E-state index is 0.0458. The average molecular weight is 357 g/mol. The zero-order valence-corrected chi connectivity index (χ0v) is 14.4. The maximum atomic E-state index is 13.9. The van der Waals surface area contributed by atoms with E-state index < -0.39 is 11.6 Å². The summed E-state index contributed by atoms with van der Waals surface area (Å²) in [6.07, 6.45) is 3.79. The molecule has 2 aromatic rings. The number of nitrogens with two attached hydrogens (primary N) is 1. The first-order chi connectivity index (χ1) is 12.6. The number of aromatic nitrogens is 2. The van der Waals surface area contributed by atoms with Crippen LogP contribution < -0.4 is 10.6 Å². The van der Waals surface area contributed by atoms with Gasteiger partial charge in [0.25, 0.3) is 0 Å². The van der Waals surface area contributed by atoms with Gasteiger partial charge in [0, 0.05) is 36.7 Å². The van der Waals surface area contributed by atoms with Gasteiger partial charge < -0.3 is 10.6 Å². The molecular weight excluding hydrogens is 336 g/mol. The lowest BCUT2D eigenvalue weighted by atomic mass is 9.75. The van der Waals surface area contributed by atoms with Crippen molar-refractivity contribution < 1.29 is 8.78 Å². The molecule has 5 heterocycles. The Morgan fingerprint density at radius 1 is 0.962 bits per heavy atom. The minimum Gasteiger partial charge on any atom is -0.384 e. The number of piperidine rings is 3. The fourth-order valence-electron chi connectivity index (χ4n) is 5.28. The zero-order valence-electron chi connectivity index (χ0n) is 14.4. The summed E-state index contributed by atoms with van der Waals surface area (Å²) in [6, 6.07) is 6.23. The van der Waals surface area contributed by atoms with Crippen molar-refractivity contribution in [1.82, 2.24) is 14.9 Å². The molecule has 1 aromatic carbocycles. The van der Waals surface area contributed by atoms with Gasteiger partial charge in [0.1, 0.15) is 29.6 Å². The van der Waals surface area contributed by atoms with Crippen LogP contribution in [0, 0.1) is 17.6 Å². The normalized spacial score (nSPS) is 32.7. The van der Waals surface area contributed by atoms with Gasteiger partial charge in [-0.25, -0.2) is 18.7 Å². The number of nitrogens with zero attached hydrogens (tertiary/aromatic N) is 4. The lowest BCUT2D eigenvalue weighted by molar-refractivity contribution is 0.0354. The fraction of sp³-hybridized carbons (Fsp3) is 0.474. The lowest BCUT2D eigenvalue weighted by Crippen LogP contribution is -2.60. The van der Waals surface area contributed by atoms with Crippen LogP contribution in [-0.4, -0.2) is 46.6 Å².